The Balaban J connectivity index is 1.96. The van der Waals surface area contributed by atoms with Gasteiger partial charge in [-0.05, 0) is 18.3 Å². The van der Waals surface area contributed by atoms with Crippen LogP contribution in [0.2, 0.25) is 0 Å². The van der Waals surface area contributed by atoms with E-state index in [1.165, 1.54) is 12.1 Å². The highest BCUT2D eigenvalue weighted by molar-refractivity contribution is 7.71. The number of ketones is 1. The molecule has 1 atom stereocenters. The number of fused-ring (bicyclic) bond motifs is 1. The van der Waals surface area contributed by atoms with Crippen molar-refractivity contribution in [3.05, 3.63) is 55.8 Å². The summed E-state index contributed by atoms with van der Waals surface area (Å²) < 4.78 is 0.0144. The van der Waals surface area contributed by atoms with Crippen LogP contribution in [0.4, 0.5) is 5.95 Å². The minimum atomic E-state index is -2.00. The van der Waals surface area contributed by atoms with E-state index in [2.05, 4.69) is 30.5 Å². The molecule has 1 amide bonds. The SMILES string of the molecule is O=C(Nc1nc(=S)[nH][nH]1)C(=O)C(c1cnc2ccc(=[N+]([O-])[O-])cc-2[nH]1)N([O-])O. The fourth-order valence-corrected chi connectivity index (χ4v) is 2.44. The molecule has 2 aliphatic rings. The Morgan fingerprint density at radius 2 is 2.07 bits per heavy atom. The fourth-order valence-electron chi connectivity index (χ4n) is 2.30. The molecule has 1 aliphatic heterocycles. The van der Waals surface area contributed by atoms with Crippen LogP contribution >= 0.6 is 12.2 Å². The van der Waals surface area contributed by atoms with Crippen molar-refractivity contribution < 1.29 is 14.8 Å². The average Bonchev–Trinajstić information content (AvgIpc) is 3.05. The largest absolute Gasteiger partial charge is 0.761 e. The van der Waals surface area contributed by atoms with E-state index in [1.807, 2.05) is 0 Å². The normalized spacial score (nSPS) is 12.1. The van der Waals surface area contributed by atoms with E-state index in [1.54, 1.807) is 0 Å². The average molecular weight is 406 g/mol. The van der Waals surface area contributed by atoms with Crippen molar-refractivity contribution in [1.82, 2.24) is 35.3 Å². The second kappa shape index (κ2) is 7.53. The number of carbonyl (C=O) groups is 2. The molecule has 1 aromatic heterocycles. The first-order chi connectivity index (χ1) is 13.3. The van der Waals surface area contributed by atoms with E-state index in [0.717, 1.165) is 12.3 Å². The van der Waals surface area contributed by atoms with Gasteiger partial charge in [-0.1, -0.05) is 0 Å². The van der Waals surface area contributed by atoms with Gasteiger partial charge in [0.1, 0.15) is 6.04 Å². The maximum absolute atomic E-state index is 12.4. The zero-order valence-electron chi connectivity index (χ0n) is 13.6. The number of nitrogens with one attached hydrogen (secondary N) is 4. The predicted octanol–water partition coefficient (Wildman–Crippen LogP) is -0.499. The molecule has 0 aromatic carbocycles. The van der Waals surface area contributed by atoms with Gasteiger partial charge in [0.05, 0.1) is 17.1 Å². The number of Topliss-reactive ketones (excluding diaryl/α,β-unsaturated/α-hetero) is 1. The van der Waals surface area contributed by atoms with Crippen LogP contribution in [0.15, 0.2) is 24.4 Å². The number of benzene rings is 1. The molecule has 1 aromatic rings. The second-order valence-corrected chi connectivity index (χ2v) is 5.72. The first-order valence-electron chi connectivity index (χ1n) is 7.37. The van der Waals surface area contributed by atoms with Gasteiger partial charge in [0, 0.05) is 18.3 Å². The second-order valence-electron chi connectivity index (χ2n) is 5.34. The van der Waals surface area contributed by atoms with Gasteiger partial charge >= 0.3 is 0 Å². The van der Waals surface area contributed by atoms with Crippen molar-refractivity contribution in [3.8, 4) is 11.4 Å². The molecule has 0 fully saturated rings. The molecule has 3 rings (SSSR count). The van der Waals surface area contributed by atoms with Gasteiger partial charge in [-0.2, -0.15) is 9.89 Å². The molecule has 0 saturated heterocycles. The molecule has 1 aliphatic carbocycles. The molecule has 146 valence electrons. The fraction of sp³-hybridized carbons (Fsp3) is 0.0769. The Kier molecular flexibility index (Phi) is 5.14. The molecule has 15 heteroatoms. The first kappa shape index (κ1) is 19.1. The Bertz CT molecular complexity index is 1130. The standard InChI is InChI=1S/C13H10N8O6S/c22-10(11(23)16-12-17-13(28)19-18-12)9(21(26)27)8-4-14-6-2-1-5(20(24)25)3-7(6)15-8/h1-4,9,26H,(H4-,14,15,16,17,18,19,22,23,24,25,28)/q-2. The van der Waals surface area contributed by atoms with Crippen molar-refractivity contribution in [1.29, 1.82) is 0 Å². The lowest BCUT2D eigenvalue weighted by Crippen LogP contribution is -2.36. The molecule has 0 saturated carbocycles. The van der Waals surface area contributed by atoms with Crippen molar-refractivity contribution in [3.63, 3.8) is 0 Å². The smallest absolute Gasteiger partial charge is 0.296 e. The van der Waals surface area contributed by atoms with Crippen molar-refractivity contribution >= 4 is 29.9 Å². The highest BCUT2D eigenvalue weighted by atomic mass is 32.1. The zero-order valence-corrected chi connectivity index (χ0v) is 14.4. The summed E-state index contributed by atoms with van der Waals surface area (Å²) in [5.41, 5.74) is 0.147. The van der Waals surface area contributed by atoms with Crippen LogP contribution in [0.3, 0.4) is 0 Å². The molecular formula is C13H10N8O6S-2. The molecule has 5 N–H and O–H groups in total. The number of aromatic amines is 3. The zero-order chi connectivity index (χ0) is 20.4. The van der Waals surface area contributed by atoms with Gasteiger partial charge in [0.2, 0.25) is 21.9 Å². The highest BCUT2D eigenvalue weighted by Crippen LogP contribution is 2.22. The van der Waals surface area contributed by atoms with Crippen LogP contribution in [0, 0.1) is 20.4 Å². The summed E-state index contributed by atoms with van der Waals surface area (Å²) >= 11 is 4.70. The van der Waals surface area contributed by atoms with Gasteiger partial charge < -0.3 is 25.8 Å². The maximum Gasteiger partial charge on any atom is 0.296 e. The van der Waals surface area contributed by atoms with Crippen LogP contribution in [0.5, 0.6) is 0 Å². The predicted molar refractivity (Wildman–Crippen MR) is 94.4 cm³/mol. The summed E-state index contributed by atoms with van der Waals surface area (Å²) in [6.07, 6.45) is 1.05. The van der Waals surface area contributed by atoms with Gasteiger partial charge in [0.25, 0.3) is 5.91 Å². The topological polar surface area (TPSA) is 215 Å². The Morgan fingerprint density at radius 3 is 2.68 bits per heavy atom. The summed E-state index contributed by atoms with van der Waals surface area (Å²) in [7, 11) is 0. The molecule has 28 heavy (non-hydrogen) atoms. The number of hydrogen-bond acceptors (Lipinski definition) is 10. The molecule has 0 bridgehead atoms. The summed E-state index contributed by atoms with van der Waals surface area (Å²) in [6, 6.07) is 1.70. The highest BCUT2D eigenvalue weighted by Gasteiger charge is 2.30. The van der Waals surface area contributed by atoms with Crippen LogP contribution in [-0.2, 0) is 9.59 Å². The number of anilines is 1. The monoisotopic (exact) mass is 406 g/mol. The number of hydroxylamine groups is 2. The van der Waals surface area contributed by atoms with Crippen LogP contribution in [0.1, 0.15) is 11.7 Å². The lowest BCUT2D eigenvalue weighted by atomic mass is 10.1. The van der Waals surface area contributed by atoms with E-state index in [-0.39, 0.29) is 27.5 Å². The molecule has 1 unspecified atom stereocenters. The molecule has 14 nitrogen and oxygen atoms in total. The number of carbonyl (C=O) groups excluding carboxylic acids is 2. The Morgan fingerprint density at radius 1 is 1.32 bits per heavy atom. The number of aromatic nitrogens is 5. The maximum atomic E-state index is 12.4. The van der Waals surface area contributed by atoms with Crippen molar-refractivity contribution in [2.24, 2.45) is 0 Å². The van der Waals surface area contributed by atoms with Crippen LogP contribution < -0.4 is 15.6 Å². The van der Waals surface area contributed by atoms with E-state index in [9.17, 15) is 30.4 Å². The quantitative estimate of drug-likeness (QED) is 0.208. The van der Waals surface area contributed by atoms with Crippen LogP contribution in [-0.4, -0.2) is 47.3 Å². The number of H-pyrrole nitrogens is 3. The summed E-state index contributed by atoms with van der Waals surface area (Å²) in [6.45, 7) is 0. The molecule has 0 radical (unpaired) electrons. The molecule has 2 heterocycles. The van der Waals surface area contributed by atoms with Gasteiger partial charge in [-0.15, -0.1) is 0 Å². The van der Waals surface area contributed by atoms with Gasteiger partial charge in [0.15, 0.2) is 0 Å². The third-order valence-corrected chi connectivity index (χ3v) is 3.73. The number of rotatable bonds is 5. The minimum Gasteiger partial charge on any atom is -0.761 e. The first-order valence-corrected chi connectivity index (χ1v) is 7.78. The van der Waals surface area contributed by atoms with Crippen molar-refractivity contribution in [2.45, 2.75) is 6.04 Å². The van der Waals surface area contributed by atoms with Crippen molar-refractivity contribution in [2.75, 3.05) is 5.32 Å². The van der Waals surface area contributed by atoms with E-state index < -0.39 is 27.9 Å². The van der Waals surface area contributed by atoms with E-state index >= 15 is 0 Å². The third kappa shape index (κ3) is 3.86. The lowest BCUT2D eigenvalue weighted by molar-refractivity contribution is -0.148. The number of nitrogens with zero attached hydrogens (tertiary/aromatic N) is 4. The molecular weight excluding hydrogens is 396 g/mol. The molecule has 0 spiro atoms. The Labute approximate surface area is 159 Å². The summed E-state index contributed by atoms with van der Waals surface area (Å²) in [5.74, 6) is -2.79. The van der Waals surface area contributed by atoms with E-state index in [4.69, 9.17) is 12.2 Å². The van der Waals surface area contributed by atoms with Gasteiger partial charge in [-0.3, -0.25) is 30.1 Å². The Hall–Kier alpha value is -3.66. The number of amides is 1. The van der Waals surface area contributed by atoms with Crippen LogP contribution in [0.25, 0.3) is 11.4 Å². The third-order valence-electron chi connectivity index (χ3n) is 3.53. The van der Waals surface area contributed by atoms with E-state index in [0.29, 0.717) is 5.69 Å². The lowest BCUT2D eigenvalue weighted by Gasteiger charge is -2.29. The number of hydrogen-bond donors (Lipinski definition) is 5. The summed E-state index contributed by atoms with van der Waals surface area (Å²) in [4.78, 5) is 34.0. The van der Waals surface area contributed by atoms with Gasteiger partial charge in [-0.25, -0.2) is 5.23 Å². The minimum absolute atomic E-state index is 0.0144. The summed E-state index contributed by atoms with van der Waals surface area (Å²) in [5, 5.41) is 48.5.